The minimum Gasteiger partial charge on any atom is -0.378 e. The normalized spacial score (nSPS) is 30.8. The number of piperidine rings is 1. The fraction of sp³-hybridized carbons (Fsp3) is 0.933. The highest BCUT2D eigenvalue weighted by Gasteiger charge is 2.36. The Bertz CT molecular complexity index is 299. The Morgan fingerprint density at radius 1 is 1.37 bits per heavy atom. The van der Waals surface area contributed by atoms with Crippen molar-refractivity contribution in [3.8, 4) is 0 Å². The van der Waals surface area contributed by atoms with Crippen molar-refractivity contribution >= 4 is 5.91 Å². The number of ether oxygens (including phenoxy) is 1. The lowest BCUT2D eigenvalue weighted by atomic mass is 9.77. The molecule has 2 atom stereocenters. The first-order valence-corrected chi connectivity index (χ1v) is 7.72. The maximum atomic E-state index is 12.2. The molecule has 0 aliphatic carbocycles. The summed E-state index contributed by atoms with van der Waals surface area (Å²) in [4.78, 5) is 12.2. The van der Waals surface area contributed by atoms with E-state index < -0.39 is 0 Å². The summed E-state index contributed by atoms with van der Waals surface area (Å²) in [5, 5.41) is 6.43. The van der Waals surface area contributed by atoms with Gasteiger partial charge in [-0.05, 0) is 50.5 Å². The van der Waals surface area contributed by atoms with Crippen molar-refractivity contribution in [2.75, 3.05) is 19.7 Å². The molecule has 2 aliphatic heterocycles. The lowest BCUT2D eigenvalue weighted by Crippen LogP contribution is -2.55. The first-order valence-electron chi connectivity index (χ1n) is 7.72. The van der Waals surface area contributed by atoms with Crippen LogP contribution < -0.4 is 10.6 Å². The molecule has 2 fully saturated rings. The third-order valence-electron chi connectivity index (χ3n) is 4.43. The number of rotatable bonds is 4. The van der Waals surface area contributed by atoms with Crippen molar-refractivity contribution in [3.05, 3.63) is 0 Å². The van der Waals surface area contributed by atoms with Crippen LogP contribution in [0.25, 0.3) is 0 Å². The van der Waals surface area contributed by atoms with Gasteiger partial charge in [0, 0.05) is 13.2 Å². The second-order valence-corrected chi connectivity index (χ2v) is 6.55. The van der Waals surface area contributed by atoms with Crippen LogP contribution in [0.2, 0.25) is 0 Å². The number of carbonyl (C=O) groups is 1. The highest BCUT2D eigenvalue weighted by Crippen LogP contribution is 2.30. The second kappa shape index (κ2) is 6.71. The molecule has 1 amide bonds. The highest BCUT2D eigenvalue weighted by atomic mass is 16.5. The maximum Gasteiger partial charge on any atom is 0.237 e. The van der Waals surface area contributed by atoms with Crippen molar-refractivity contribution < 1.29 is 9.53 Å². The molecular formula is C15H28N2O2. The smallest absolute Gasteiger partial charge is 0.237 e. The second-order valence-electron chi connectivity index (χ2n) is 6.55. The molecule has 2 aliphatic rings. The first-order chi connectivity index (χ1) is 9.09. The number of hydrogen-bond donors (Lipinski definition) is 2. The molecule has 19 heavy (non-hydrogen) atoms. The van der Waals surface area contributed by atoms with Crippen LogP contribution in [0.3, 0.4) is 0 Å². The zero-order valence-electron chi connectivity index (χ0n) is 12.3. The van der Waals surface area contributed by atoms with E-state index in [2.05, 4.69) is 24.5 Å². The minimum absolute atomic E-state index is 0.0477. The summed E-state index contributed by atoms with van der Waals surface area (Å²) in [7, 11) is 0. The van der Waals surface area contributed by atoms with E-state index in [4.69, 9.17) is 4.74 Å². The van der Waals surface area contributed by atoms with E-state index in [1.54, 1.807) is 0 Å². The molecule has 0 radical (unpaired) electrons. The van der Waals surface area contributed by atoms with Crippen LogP contribution in [0.4, 0.5) is 0 Å². The van der Waals surface area contributed by atoms with Gasteiger partial charge in [0.1, 0.15) is 0 Å². The van der Waals surface area contributed by atoms with Gasteiger partial charge >= 0.3 is 0 Å². The first kappa shape index (κ1) is 14.8. The summed E-state index contributed by atoms with van der Waals surface area (Å²) in [6, 6.07) is -0.0477. The standard InChI is InChI=1S/C15H28N2O2/c1-15(2)8-5-9-16-13(15)14(18)17-10-7-12-6-3-4-11-19-12/h12-13,16H,3-11H2,1-2H3,(H,17,18). The molecule has 0 saturated carbocycles. The quantitative estimate of drug-likeness (QED) is 0.818. The van der Waals surface area contributed by atoms with E-state index >= 15 is 0 Å². The molecule has 4 heteroatoms. The SMILES string of the molecule is CC1(C)CCCNC1C(=O)NCCC1CCCCO1. The molecule has 2 unspecified atom stereocenters. The largest absolute Gasteiger partial charge is 0.378 e. The summed E-state index contributed by atoms with van der Waals surface area (Å²) in [6.07, 6.45) is 7.15. The van der Waals surface area contributed by atoms with Crippen LogP contribution in [0.5, 0.6) is 0 Å². The van der Waals surface area contributed by atoms with Crippen LogP contribution in [-0.4, -0.2) is 37.7 Å². The van der Waals surface area contributed by atoms with E-state index in [9.17, 15) is 4.79 Å². The number of amides is 1. The van der Waals surface area contributed by atoms with Gasteiger partial charge in [0.15, 0.2) is 0 Å². The van der Waals surface area contributed by atoms with Gasteiger partial charge < -0.3 is 15.4 Å². The van der Waals surface area contributed by atoms with Crippen LogP contribution in [0.15, 0.2) is 0 Å². The number of nitrogens with one attached hydrogen (secondary N) is 2. The van der Waals surface area contributed by atoms with Crippen molar-refractivity contribution in [3.63, 3.8) is 0 Å². The Labute approximate surface area is 116 Å². The summed E-state index contributed by atoms with van der Waals surface area (Å²) < 4.78 is 5.68. The Hall–Kier alpha value is -0.610. The lowest BCUT2D eigenvalue weighted by molar-refractivity contribution is -0.126. The molecule has 0 spiro atoms. The average molecular weight is 268 g/mol. The van der Waals surface area contributed by atoms with E-state index in [-0.39, 0.29) is 17.4 Å². The van der Waals surface area contributed by atoms with Crippen molar-refractivity contribution in [2.24, 2.45) is 5.41 Å². The Morgan fingerprint density at radius 2 is 2.21 bits per heavy atom. The van der Waals surface area contributed by atoms with Gasteiger partial charge in [0.2, 0.25) is 5.91 Å². The maximum absolute atomic E-state index is 12.2. The number of hydrogen-bond acceptors (Lipinski definition) is 3. The van der Waals surface area contributed by atoms with E-state index in [1.165, 1.54) is 12.8 Å². The summed E-state index contributed by atoms with van der Waals surface area (Å²) in [5.41, 5.74) is 0.0592. The molecule has 2 rings (SSSR count). The summed E-state index contributed by atoms with van der Waals surface area (Å²) in [6.45, 7) is 6.92. The zero-order valence-corrected chi connectivity index (χ0v) is 12.3. The number of carbonyl (C=O) groups excluding carboxylic acids is 1. The predicted molar refractivity (Wildman–Crippen MR) is 76.0 cm³/mol. The average Bonchev–Trinajstić information content (AvgIpc) is 2.39. The van der Waals surface area contributed by atoms with Gasteiger partial charge in [-0.2, -0.15) is 0 Å². The Balaban J connectivity index is 1.71. The van der Waals surface area contributed by atoms with Crippen molar-refractivity contribution in [2.45, 2.75) is 64.5 Å². The third-order valence-corrected chi connectivity index (χ3v) is 4.43. The Morgan fingerprint density at radius 3 is 2.89 bits per heavy atom. The van der Waals surface area contributed by atoms with Gasteiger partial charge in [-0.1, -0.05) is 13.8 Å². The molecule has 0 aromatic carbocycles. The van der Waals surface area contributed by atoms with Crippen LogP contribution >= 0.6 is 0 Å². The molecule has 2 heterocycles. The molecule has 0 aromatic rings. The molecule has 110 valence electrons. The highest BCUT2D eigenvalue weighted by molar-refractivity contribution is 5.82. The fourth-order valence-corrected chi connectivity index (χ4v) is 3.15. The van der Waals surface area contributed by atoms with Crippen molar-refractivity contribution in [1.82, 2.24) is 10.6 Å². The van der Waals surface area contributed by atoms with Crippen molar-refractivity contribution in [1.29, 1.82) is 0 Å². The minimum atomic E-state index is -0.0477. The molecular weight excluding hydrogens is 240 g/mol. The molecule has 2 N–H and O–H groups in total. The van der Waals surface area contributed by atoms with Crippen LogP contribution in [0, 0.1) is 5.41 Å². The third kappa shape index (κ3) is 4.18. The van der Waals surface area contributed by atoms with E-state index in [0.717, 1.165) is 45.4 Å². The molecule has 4 nitrogen and oxygen atoms in total. The van der Waals surface area contributed by atoms with Gasteiger partial charge in [0.25, 0.3) is 0 Å². The van der Waals surface area contributed by atoms with E-state index in [0.29, 0.717) is 6.10 Å². The predicted octanol–water partition coefficient (Wildman–Crippen LogP) is 1.84. The monoisotopic (exact) mass is 268 g/mol. The fourth-order valence-electron chi connectivity index (χ4n) is 3.15. The Kier molecular flexibility index (Phi) is 5.22. The molecule has 0 aromatic heterocycles. The van der Waals surface area contributed by atoms with E-state index in [1.807, 2.05) is 0 Å². The van der Waals surface area contributed by atoms with Gasteiger partial charge in [0.05, 0.1) is 12.1 Å². The molecule has 0 bridgehead atoms. The topological polar surface area (TPSA) is 50.4 Å². The summed E-state index contributed by atoms with van der Waals surface area (Å²) >= 11 is 0. The molecule has 2 saturated heterocycles. The van der Waals surface area contributed by atoms with Gasteiger partial charge in [-0.25, -0.2) is 0 Å². The van der Waals surface area contributed by atoms with Gasteiger partial charge in [-0.15, -0.1) is 0 Å². The van der Waals surface area contributed by atoms with Crippen LogP contribution in [0.1, 0.15) is 52.4 Å². The zero-order chi connectivity index (χ0) is 13.7. The van der Waals surface area contributed by atoms with Gasteiger partial charge in [-0.3, -0.25) is 4.79 Å². The summed E-state index contributed by atoms with van der Waals surface area (Å²) in [5.74, 6) is 0.153. The van der Waals surface area contributed by atoms with Crippen LogP contribution in [-0.2, 0) is 9.53 Å². The lowest BCUT2D eigenvalue weighted by Gasteiger charge is -2.38.